The SMILES string of the molecule is COc1ccc(N2C(=O)C(=Cc3ccc(-c4ccccc4Cl)o3)SC2=S)cc1. The van der Waals surface area contributed by atoms with Gasteiger partial charge in [-0.15, -0.1) is 0 Å². The molecule has 2 aromatic carbocycles. The highest BCUT2D eigenvalue weighted by atomic mass is 35.5. The summed E-state index contributed by atoms with van der Waals surface area (Å²) >= 11 is 12.9. The molecule has 2 heterocycles. The lowest BCUT2D eigenvalue weighted by molar-refractivity contribution is -0.113. The molecule has 3 aromatic rings. The van der Waals surface area contributed by atoms with Crippen LogP contribution in [-0.4, -0.2) is 17.3 Å². The number of benzene rings is 2. The number of hydrogen-bond acceptors (Lipinski definition) is 5. The Balaban J connectivity index is 1.60. The van der Waals surface area contributed by atoms with Gasteiger partial charge in [0.05, 0.1) is 22.7 Å². The Morgan fingerprint density at radius 2 is 1.86 bits per heavy atom. The van der Waals surface area contributed by atoms with Crippen LogP contribution in [0.25, 0.3) is 17.4 Å². The summed E-state index contributed by atoms with van der Waals surface area (Å²) in [7, 11) is 1.59. The van der Waals surface area contributed by atoms with E-state index in [1.54, 1.807) is 49.6 Å². The highest BCUT2D eigenvalue weighted by Gasteiger charge is 2.33. The quantitative estimate of drug-likeness (QED) is 0.376. The summed E-state index contributed by atoms with van der Waals surface area (Å²) in [6.45, 7) is 0. The Labute approximate surface area is 176 Å². The molecule has 1 aliphatic heterocycles. The number of ether oxygens (including phenoxy) is 1. The molecule has 1 amide bonds. The maximum atomic E-state index is 12.9. The van der Waals surface area contributed by atoms with Crippen LogP contribution in [0, 0.1) is 0 Å². The molecule has 0 N–H and O–H groups in total. The Kier molecular flexibility index (Phi) is 5.26. The number of carbonyl (C=O) groups is 1. The third-order valence-corrected chi connectivity index (χ3v) is 5.80. The Morgan fingerprint density at radius 1 is 1.11 bits per heavy atom. The molecule has 28 heavy (non-hydrogen) atoms. The number of thioether (sulfide) groups is 1. The van der Waals surface area contributed by atoms with E-state index in [-0.39, 0.29) is 5.91 Å². The first-order valence-electron chi connectivity index (χ1n) is 8.33. The molecule has 1 aromatic heterocycles. The van der Waals surface area contributed by atoms with Gasteiger partial charge in [-0.3, -0.25) is 9.69 Å². The van der Waals surface area contributed by atoms with Crippen molar-refractivity contribution in [1.29, 1.82) is 0 Å². The highest BCUT2D eigenvalue weighted by Crippen LogP contribution is 2.37. The van der Waals surface area contributed by atoms with Gasteiger partial charge < -0.3 is 9.15 Å². The zero-order chi connectivity index (χ0) is 19.7. The normalized spacial score (nSPS) is 15.5. The van der Waals surface area contributed by atoms with E-state index in [1.165, 1.54) is 16.7 Å². The van der Waals surface area contributed by atoms with Gasteiger partial charge in [0, 0.05) is 11.6 Å². The molecule has 0 atom stereocenters. The molecule has 0 unspecified atom stereocenters. The van der Waals surface area contributed by atoms with Crippen molar-refractivity contribution in [3.8, 4) is 17.1 Å². The lowest BCUT2D eigenvalue weighted by Gasteiger charge is -2.14. The third-order valence-electron chi connectivity index (χ3n) is 4.16. The molecule has 0 spiro atoms. The minimum atomic E-state index is -0.184. The average molecular weight is 428 g/mol. The van der Waals surface area contributed by atoms with Crippen LogP contribution >= 0.6 is 35.6 Å². The molecular formula is C21H14ClNO3S2. The smallest absolute Gasteiger partial charge is 0.270 e. The second-order valence-electron chi connectivity index (χ2n) is 5.90. The first kappa shape index (κ1) is 18.8. The van der Waals surface area contributed by atoms with E-state index in [0.29, 0.717) is 37.2 Å². The molecule has 1 saturated heterocycles. The number of halogens is 1. The van der Waals surface area contributed by atoms with Crippen LogP contribution in [0.5, 0.6) is 5.75 Å². The molecule has 0 aliphatic carbocycles. The number of carbonyl (C=O) groups excluding carboxylic acids is 1. The van der Waals surface area contributed by atoms with Crippen molar-refractivity contribution in [2.24, 2.45) is 0 Å². The minimum absolute atomic E-state index is 0.184. The molecule has 4 nitrogen and oxygen atoms in total. The standard InChI is InChI=1S/C21H14ClNO3S2/c1-25-14-8-6-13(7-9-14)23-20(24)19(28-21(23)27)12-15-10-11-18(26-15)16-4-2-3-5-17(16)22/h2-12H,1H3. The van der Waals surface area contributed by atoms with Crippen molar-refractivity contribution in [3.63, 3.8) is 0 Å². The number of hydrogen-bond donors (Lipinski definition) is 0. The fourth-order valence-corrected chi connectivity index (χ4v) is 4.29. The van der Waals surface area contributed by atoms with Crippen LogP contribution in [0.1, 0.15) is 5.76 Å². The molecule has 1 aliphatic rings. The molecule has 7 heteroatoms. The van der Waals surface area contributed by atoms with E-state index in [2.05, 4.69) is 0 Å². The van der Waals surface area contributed by atoms with Gasteiger partial charge in [-0.05, 0) is 48.5 Å². The van der Waals surface area contributed by atoms with Crippen molar-refractivity contribution >= 4 is 57.6 Å². The number of thiocarbonyl (C=S) groups is 1. The zero-order valence-electron chi connectivity index (χ0n) is 14.7. The number of methoxy groups -OCH3 is 1. The van der Waals surface area contributed by atoms with Crippen LogP contribution in [0.2, 0.25) is 5.02 Å². The Bertz CT molecular complexity index is 1090. The van der Waals surface area contributed by atoms with Gasteiger partial charge >= 0.3 is 0 Å². The summed E-state index contributed by atoms with van der Waals surface area (Å²) in [5.41, 5.74) is 1.50. The van der Waals surface area contributed by atoms with Crippen molar-refractivity contribution in [3.05, 3.63) is 76.4 Å². The van der Waals surface area contributed by atoms with Crippen LogP contribution in [0.4, 0.5) is 5.69 Å². The first-order valence-corrected chi connectivity index (χ1v) is 9.94. The van der Waals surface area contributed by atoms with Gasteiger partial charge in [-0.25, -0.2) is 0 Å². The van der Waals surface area contributed by atoms with Crippen molar-refractivity contribution in [1.82, 2.24) is 0 Å². The fraction of sp³-hybridized carbons (Fsp3) is 0.0476. The largest absolute Gasteiger partial charge is 0.497 e. The highest BCUT2D eigenvalue weighted by molar-refractivity contribution is 8.27. The summed E-state index contributed by atoms with van der Waals surface area (Å²) in [5, 5.41) is 0.606. The van der Waals surface area contributed by atoms with Gasteiger partial charge in [-0.1, -0.05) is 47.7 Å². The maximum Gasteiger partial charge on any atom is 0.270 e. The zero-order valence-corrected chi connectivity index (χ0v) is 17.1. The van der Waals surface area contributed by atoms with Crippen molar-refractivity contribution in [2.45, 2.75) is 0 Å². The van der Waals surface area contributed by atoms with Crippen LogP contribution < -0.4 is 9.64 Å². The predicted molar refractivity (Wildman–Crippen MR) is 118 cm³/mol. The van der Waals surface area contributed by atoms with Gasteiger partial charge in [-0.2, -0.15) is 0 Å². The van der Waals surface area contributed by atoms with Gasteiger partial charge in [0.1, 0.15) is 17.3 Å². The predicted octanol–water partition coefficient (Wildman–Crippen LogP) is 6.01. The number of nitrogens with zero attached hydrogens (tertiary/aromatic N) is 1. The lowest BCUT2D eigenvalue weighted by Crippen LogP contribution is -2.27. The molecule has 0 saturated carbocycles. The van der Waals surface area contributed by atoms with E-state index < -0.39 is 0 Å². The van der Waals surface area contributed by atoms with E-state index in [1.807, 2.05) is 24.3 Å². The molecule has 4 rings (SSSR count). The molecule has 1 fully saturated rings. The lowest BCUT2D eigenvalue weighted by atomic mass is 10.2. The summed E-state index contributed by atoms with van der Waals surface area (Å²) in [4.78, 5) is 14.9. The topological polar surface area (TPSA) is 42.7 Å². The second kappa shape index (κ2) is 7.83. The molecule has 0 bridgehead atoms. The van der Waals surface area contributed by atoms with E-state index >= 15 is 0 Å². The van der Waals surface area contributed by atoms with E-state index in [9.17, 15) is 4.79 Å². The summed E-state index contributed by atoms with van der Waals surface area (Å²) in [6.07, 6.45) is 1.70. The molecular weight excluding hydrogens is 414 g/mol. The van der Waals surface area contributed by atoms with Gasteiger partial charge in [0.2, 0.25) is 0 Å². The van der Waals surface area contributed by atoms with Gasteiger partial charge in [0.15, 0.2) is 4.32 Å². The number of amides is 1. The van der Waals surface area contributed by atoms with Crippen molar-refractivity contribution in [2.75, 3.05) is 12.0 Å². The second-order valence-corrected chi connectivity index (χ2v) is 7.98. The van der Waals surface area contributed by atoms with E-state index in [4.69, 9.17) is 33.0 Å². The van der Waals surface area contributed by atoms with Crippen molar-refractivity contribution < 1.29 is 13.9 Å². The monoisotopic (exact) mass is 427 g/mol. The summed E-state index contributed by atoms with van der Waals surface area (Å²) < 4.78 is 11.5. The average Bonchev–Trinajstić information content (AvgIpc) is 3.27. The fourth-order valence-electron chi connectivity index (χ4n) is 2.79. The number of rotatable bonds is 4. The maximum absolute atomic E-state index is 12.9. The number of furan rings is 1. The van der Waals surface area contributed by atoms with E-state index in [0.717, 1.165) is 5.56 Å². The number of anilines is 1. The third kappa shape index (κ3) is 3.58. The minimum Gasteiger partial charge on any atom is -0.497 e. The Morgan fingerprint density at radius 3 is 2.57 bits per heavy atom. The van der Waals surface area contributed by atoms with Crippen LogP contribution in [0.3, 0.4) is 0 Å². The summed E-state index contributed by atoms with van der Waals surface area (Å²) in [6, 6.07) is 18.3. The Hall–Kier alpha value is -2.54. The van der Waals surface area contributed by atoms with Gasteiger partial charge in [0.25, 0.3) is 5.91 Å². The molecule has 140 valence electrons. The van der Waals surface area contributed by atoms with Crippen LogP contribution in [-0.2, 0) is 4.79 Å². The summed E-state index contributed by atoms with van der Waals surface area (Å²) in [5.74, 6) is 1.73. The van der Waals surface area contributed by atoms with Crippen LogP contribution in [0.15, 0.2) is 70.0 Å². The molecule has 0 radical (unpaired) electrons. The first-order chi connectivity index (χ1) is 13.6.